The van der Waals surface area contributed by atoms with Crippen LogP contribution in [0.3, 0.4) is 0 Å². The van der Waals surface area contributed by atoms with Crippen LogP contribution >= 0.6 is 11.3 Å². The Balaban J connectivity index is 1.91. The van der Waals surface area contributed by atoms with Crippen LogP contribution in [0.25, 0.3) is 0 Å². The quantitative estimate of drug-likeness (QED) is 0.913. The van der Waals surface area contributed by atoms with Crippen LogP contribution in [-0.2, 0) is 0 Å². The molecule has 3 nitrogen and oxygen atoms in total. The molecule has 1 aliphatic heterocycles. The van der Waals surface area contributed by atoms with Crippen LogP contribution in [0.4, 0.5) is 8.78 Å². The maximum Gasteiger partial charge on any atom is 0.387 e. The predicted octanol–water partition coefficient (Wildman–Crippen LogP) is 3.34. The maximum absolute atomic E-state index is 12.4. The molecule has 0 saturated carbocycles. The molecule has 0 aliphatic carbocycles. The van der Waals surface area contributed by atoms with Crippen LogP contribution in [-0.4, -0.2) is 37.7 Å². The van der Waals surface area contributed by atoms with Crippen LogP contribution in [0.2, 0.25) is 0 Å². The van der Waals surface area contributed by atoms with E-state index in [1.807, 2.05) is 11.4 Å². The van der Waals surface area contributed by atoms with Crippen molar-refractivity contribution in [3.63, 3.8) is 0 Å². The molecule has 1 N–H and O–H groups in total. The summed E-state index contributed by atoms with van der Waals surface area (Å²) in [6, 6.07) is 9.21. The SMILES string of the molecule is FC(F)Oc1cccc([C@H](c2ccsc2)N2CCNCC2)c1. The summed E-state index contributed by atoms with van der Waals surface area (Å²) in [6.07, 6.45) is 0. The molecule has 0 spiro atoms. The summed E-state index contributed by atoms with van der Waals surface area (Å²) < 4.78 is 29.4. The Morgan fingerprint density at radius 1 is 1.14 bits per heavy atom. The highest BCUT2D eigenvalue weighted by atomic mass is 32.1. The van der Waals surface area contributed by atoms with Crippen LogP contribution < -0.4 is 10.1 Å². The van der Waals surface area contributed by atoms with Crippen molar-refractivity contribution in [3.8, 4) is 5.75 Å². The van der Waals surface area contributed by atoms with E-state index in [0.29, 0.717) is 0 Å². The van der Waals surface area contributed by atoms with E-state index in [1.54, 1.807) is 29.5 Å². The lowest BCUT2D eigenvalue weighted by Crippen LogP contribution is -2.45. The number of hydrogen-bond donors (Lipinski definition) is 1. The number of rotatable bonds is 5. The van der Waals surface area contributed by atoms with Crippen molar-refractivity contribution in [1.82, 2.24) is 10.2 Å². The number of nitrogens with one attached hydrogen (secondary N) is 1. The van der Waals surface area contributed by atoms with Gasteiger partial charge in [0.1, 0.15) is 5.75 Å². The van der Waals surface area contributed by atoms with E-state index in [2.05, 4.69) is 26.4 Å². The van der Waals surface area contributed by atoms with E-state index in [1.165, 1.54) is 5.56 Å². The first-order chi connectivity index (χ1) is 10.7. The summed E-state index contributed by atoms with van der Waals surface area (Å²) in [7, 11) is 0. The summed E-state index contributed by atoms with van der Waals surface area (Å²) in [6.45, 7) is 0.942. The van der Waals surface area contributed by atoms with Crippen molar-refractivity contribution >= 4 is 11.3 Å². The molecule has 1 aliphatic rings. The number of halogens is 2. The van der Waals surface area contributed by atoms with Gasteiger partial charge in [-0.1, -0.05) is 12.1 Å². The van der Waals surface area contributed by atoms with Crippen molar-refractivity contribution in [2.24, 2.45) is 0 Å². The van der Waals surface area contributed by atoms with E-state index in [0.717, 1.165) is 31.7 Å². The highest BCUT2D eigenvalue weighted by molar-refractivity contribution is 7.08. The zero-order valence-electron chi connectivity index (χ0n) is 12.0. The lowest BCUT2D eigenvalue weighted by molar-refractivity contribution is -0.0499. The van der Waals surface area contributed by atoms with Gasteiger partial charge < -0.3 is 10.1 Å². The van der Waals surface area contributed by atoms with Gasteiger partial charge in [0.05, 0.1) is 6.04 Å². The molecule has 118 valence electrons. The van der Waals surface area contributed by atoms with Gasteiger partial charge in [-0.2, -0.15) is 20.1 Å². The number of hydrogen-bond acceptors (Lipinski definition) is 4. The Kier molecular flexibility index (Phi) is 5.02. The molecule has 3 rings (SSSR count). The first-order valence-electron chi connectivity index (χ1n) is 7.25. The Hall–Kier alpha value is -1.50. The average molecular weight is 324 g/mol. The van der Waals surface area contributed by atoms with Gasteiger partial charge in [0.25, 0.3) is 0 Å². The van der Waals surface area contributed by atoms with Crippen LogP contribution in [0.15, 0.2) is 41.1 Å². The molecule has 0 unspecified atom stereocenters. The third-order valence-electron chi connectivity index (χ3n) is 3.77. The fraction of sp³-hybridized carbons (Fsp3) is 0.375. The zero-order valence-corrected chi connectivity index (χ0v) is 12.9. The minimum absolute atomic E-state index is 0.0783. The molecule has 1 aromatic carbocycles. The van der Waals surface area contributed by atoms with Gasteiger partial charge >= 0.3 is 6.61 Å². The largest absolute Gasteiger partial charge is 0.435 e. The monoisotopic (exact) mass is 324 g/mol. The molecule has 1 saturated heterocycles. The van der Waals surface area contributed by atoms with Gasteiger partial charge in [-0.15, -0.1) is 0 Å². The molecule has 1 aromatic heterocycles. The van der Waals surface area contributed by atoms with Gasteiger partial charge in [0.2, 0.25) is 0 Å². The van der Waals surface area contributed by atoms with Crippen molar-refractivity contribution in [2.45, 2.75) is 12.7 Å². The second kappa shape index (κ2) is 7.17. The number of benzene rings is 1. The molecule has 22 heavy (non-hydrogen) atoms. The van der Waals surface area contributed by atoms with Crippen LogP contribution in [0, 0.1) is 0 Å². The Bertz CT molecular complexity index is 586. The molecule has 6 heteroatoms. The lowest BCUT2D eigenvalue weighted by Gasteiger charge is -2.35. The number of alkyl halides is 2. The highest BCUT2D eigenvalue weighted by Crippen LogP contribution is 2.32. The smallest absolute Gasteiger partial charge is 0.387 e. The van der Waals surface area contributed by atoms with Gasteiger partial charge in [0, 0.05) is 26.2 Å². The summed E-state index contributed by atoms with van der Waals surface area (Å²) in [5, 5.41) is 7.50. The van der Waals surface area contributed by atoms with E-state index in [4.69, 9.17) is 0 Å². The topological polar surface area (TPSA) is 24.5 Å². The maximum atomic E-state index is 12.4. The lowest BCUT2D eigenvalue weighted by atomic mass is 9.98. The van der Waals surface area contributed by atoms with Crippen molar-refractivity contribution in [3.05, 3.63) is 52.2 Å². The van der Waals surface area contributed by atoms with Gasteiger partial charge in [-0.05, 0) is 40.1 Å². The third kappa shape index (κ3) is 3.63. The fourth-order valence-electron chi connectivity index (χ4n) is 2.85. The van der Waals surface area contributed by atoms with Gasteiger partial charge in [-0.25, -0.2) is 0 Å². The van der Waals surface area contributed by atoms with E-state index < -0.39 is 6.61 Å². The average Bonchev–Trinajstić information content (AvgIpc) is 3.02. The molecule has 1 fully saturated rings. The normalized spacial score (nSPS) is 17.6. The molecule has 0 amide bonds. The van der Waals surface area contributed by atoms with Gasteiger partial charge in [-0.3, -0.25) is 4.90 Å². The molecule has 2 aromatic rings. The van der Waals surface area contributed by atoms with Crippen LogP contribution in [0.5, 0.6) is 5.75 Å². The van der Waals surface area contributed by atoms with Crippen molar-refractivity contribution in [2.75, 3.05) is 26.2 Å². The fourth-order valence-corrected chi connectivity index (χ4v) is 3.52. The Morgan fingerprint density at radius 3 is 2.64 bits per heavy atom. The zero-order chi connectivity index (χ0) is 15.4. The van der Waals surface area contributed by atoms with Crippen molar-refractivity contribution < 1.29 is 13.5 Å². The highest BCUT2D eigenvalue weighted by Gasteiger charge is 2.24. The first kappa shape index (κ1) is 15.4. The number of ether oxygens (including phenoxy) is 1. The Morgan fingerprint density at radius 2 is 1.95 bits per heavy atom. The molecule has 0 bridgehead atoms. The minimum Gasteiger partial charge on any atom is -0.435 e. The standard InChI is InChI=1S/C16H18F2N2OS/c17-16(18)21-14-3-1-2-12(10-14)15(13-4-9-22-11-13)20-7-5-19-6-8-20/h1-4,9-11,15-16,19H,5-8H2/t15-/m1/s1. The summed E-state index contributed by atoms with van der Waals surface area (Å²) in [4.78, 5) is 2.38. The predicted molar refractivity (Wildman–Crippen MR) is 83.7 cm³/mol. The minimum atomic E-state index is -2.80. The van der Waals surface area contributed by atoms with E-state index >= 15 is 0 Å². The molecular weight excluding hydrogens is 306 g/mol. The summed E-state index contributed by atoms with van der Waals surface area (Å²) >= 11 is 1.65. The molecule has 2 heterocycles. The second-order valence-corrected chi connectivity index (χ2v) is 5.98. The van der Waals surface area contributed by atoms with E-state index in [-0.39, 0.29) is 11.8 Å². The number of nitrogens with zero attached hydrogens (tertiary/aromatic N) is 1. The first-order valence-corrected chi connectivity index (χ1v) is 8.20. The molecule has 0 radical (unpaired) electrons. The number of thiophene rings is 1. The van der Waals surface area contributed by atoms with Crippen LogP contribution in [0.1, 0.15) is 17.2 Å². The van der Waals surface area contributed by atoms with E-state index in [9.17, 15) is 8.78 Å². The second-order valence-electron chi connectivity index (χ2n) is 5.20. The molecular formula is C16H18F2N2OS. The number of piperazine rings is 1. The molecule has 1 atom stereocenters. The van der Waals surface area contributed by atoms with Crippen molar-refractivity contribution in [1.29, 1.82) is 0 Å². The summed E-state index contributed by atoms with van der Waals surface area (Å²) in [5.74, 6) is 0.211. The Labute approximate surface area is 132 Å². The van der Waals surface area contributed by atoms with Gasteiger partial charge in [0.15, 0.2) is 0 Å². The summed E-state index contributed by atoms with van der Waals surface area (Å²) in [5.41, 5.74) is 2.18. The third-order valence-corrected chi connectivity index (χ3v) is 4.48.